The molecule has 39 heavy (non-hydrogen) atoms. The number of hydrogen-bond acceptors (Lipinski definition) is 6. The van der Waals surface area contributed by atoms with Gasteiger partial charge >= 0.3 is 0 Å². The first-order valence-corrected chi connectivity index (χ1v) is 13.9. The first kappa shape index (κ1) is 27.2. The summed E-state index contributed by atoms with van der Waals surface area (Å²) < 4.78 is 32.6. The van der Waals surface area contributed by atoms with E-state index in [1.165, 1.54) is 31.4 Å². The van der Waals surface area contributed by atoms with Crippen molar-refractivity contribution in [3.8, 4) is 11.3 Å². The van der Waals surface area contributed by atoms with Gasteiger partial charge in [0, 0.05) is 63.4 Å². The summed E-state index contributed by atoms with van der Waals surface area (Å²) in [6, 6.07) is 4.39. The molecule has 0 radical (unpaired) electrons. The number of amides is 3. The average molecular weight is 544 g/mol. The number of halogens is 2. The number of nitrogens with zero attached hydrogens (tertiary/aromatic N) is 3. The third-order valence-corrected chi connectivity index (χ3v) is 8.18. The Bertz CT molecular complexity index is 1200. The predicted molar refractivity (Wildman–Crippen MR) is 138 cm³/mol. The molecule has 2 aliphatic heterocycles. The summed E-state index contributed by atoms with van der Waals surface area (Å²) in [5.74, 6) is -2.56. The topological polar surface area (TPSA) is 108 Å². The molecule has 3 amide bonds. The smallest absolute Gasteiger partial charge is 0.273 e. The Labute approximate surface area is 226 Å². The summed E-state index contributed by atoms with van der Waals surface area (Å²) in [6.45, 7) is 2.86. The lowest BCUT2D eigenvalue weighted by atomic mass is 9.87. The normalized spacial score (nSPS) is 22.7. The van der Waals surface area contributed by atoms with Crippen LogP contribution in [0.3, 0.4) is 0 Å². The van der Waals surface area contributed by atoms with Gasteiger partial charge in [-0.1, -0.05) is 24.4 Å². The number of carbonyl (C=O) groups excluding carboxylic acids is 3. The summed E-state index contributed by atoms with van der Waals surface area (Å²) in [4.78, 5) is 42.5. The molecule has 3 heterocycles. The van der Waals surface area contributed by atoms with Gasteiger partial charge in [0.25, 0.3) is 5.91 Å². The fourth-order valence-electron chi connectivity index (χ4n) is 6.02. The van der Waals surface area contributed by atoms with Crippen LogP contribution in [0.25, 0.3) is 11.3 Å². The number of likely N-dealkylation sites (tertiary alicyclic amines) is 2. The average Bonchev–Trinajstić information content (AvgIpc) is 3.59. The van der Waals surface area contributed by atoms with Crippen molar-refractivity contribution in [1.82, 2.24) is 25.6 Å². The van der Waals surface area contributed by atoms with Crippen molar-refractivity contribution < 1.29 is 27.7 Å². The highest BCUT2D eigenvalue weighted by molar-refractivity contribution is 5.94. The molecule has 2 atom stereocenters. The van der Waals surface area contributed by atoms with Gasteiger partial charge in [0.2, 0.25) is 11.8 Å². The standard InChI is InChI=1S/C28H35F2N5O4/c29-18-8-9-20(22(30)15-18)25-16-24(33-39-25)28(38)32-23-10-13-35(19-5-2-1-3-6-19)17-21(23)27(37)31-11-14-34-12-4-7-26(34)36/h8-9,15-16,19,21,23H,1-7,10-14,17H2,(H,31,37)(H,32,38)/t21-,23-/m0/s1. The largest absolute Gasteiger partial charge is 0.355 e. The highest BCUT2D eigenvalue weighted by Crippen LogP contribution is 2.28. The van der Waals surface area contributed by atoms with E-state index in [9.17, 15) is 23.2 Å². The zero-order valence-corrected chi connectivity index (χ0v) is 22.0. The Balaban J connectivity index is 1.25. The fraction of sp³-hybridized carbons (Fsp3) is 0.571. The third-order valence-electron chi connectivity index (χ3n) is 8.18. The Kier molecular flexibility index (Phi) is 8.54. The van der Waals surface area contributed by atoms with Crippen LogP contribution in [0.1, 0.15) is 61.9 Å². The van der Waals surface area contributed by atoms with E-state index in [0.29, 0.717) is 45.1 Å². The maximum Gasteiger partial charge on any atom is 0.273 e. The van der Waals surface area contributed by atoms with Crippen LogP contribution in [0.15, 0.2) is 28.8 Å². The SMILES string of the molecule is O=C(N[C@H]1CCN(C2CCCCC2)C[C@@H]1C(=O)NCCN1CCCC1=O)c1cc(-c2ccc(F)cc2F)on1. The van der Waals surface area contributed by atoms with Crippen LogP contribution in [0.2, 0.25) is 0 Å². The maximum atomic E-state index is 14.2. The van der Waals surface area contributed by atoms with Crippen LogP contribution >= 0.6 is 0 Å². The highest BCUT2D eigenvalue weighted by Gasteiger charge is 2.38. The number of aromatic nitrogens is 1. The molecule has 1 aromatic heterocycles. The van der Waals surface area contributed by atoms with Crippen molar-refractivity contribution in [2.75, 3.05) is 32.7 Å². The van der Waals surface area contributed by atoms with Gasteiger partial charge in [0.1, 0.15) is 11.6 Å². The lowest BCUT2D eigenvalue weighted by molar-refractivity contribution is -0.130. The number of benzene rings is 1. The summed E-state index contributed by atoms with van der Waals surface area (Å²) in [7, 11) is 0. The monoisotopic (exact) mass is 543 g/mol. The van der Waals surface area contributed by atoms with Crippen LogP contribution in [0.4, 0.5) is 8.78 Å². The molecule has 9 nitrogen and oxygen atoms in total. The Hall–Kier alpha value is -3.34. The minimum Gasteiger partial charge on any atom is -0.355 e. The molecule has 5 rings (SSSR count). The molecule has 2 aromatic rings. The predicted octanol–water partition coefficient (Wildman–Crippen LogP) is 3.11. The van der Waals surface area contributed by atoms with Crippen molar-refractivity contribution in [1.29, 1.82) is 0 Å². The van der Waals surface area contributed by atoms with Gasteiger partial charge in [-0.3, -0.25) is 19.3 Å². The molecule has 3 fully saturated rings. The second kappa shape index (κ2) is 12.2. The van der Waals surface area contributed by atoms with Crippen LogP contribution in [-0.2, 0) is 9.59 Å². The number of hydrogen-bond donors (Lipinski definition) is 2. The molecule has 0 spiro atoms. The van der Waals surface area contributed by atoms with E-state index >= 15 is 0 Å². The molecule has 3 aliphatic rings. The van der Waals surface area contributed by atoms with E-state index in [4.69, 9.17) is 4.52 Å². The van der Waals surface area contributed by atoms with Crippen LogP contribution in [-0.4, -0.2) is 77.5 Å². The Morgan fingerprint density at radius 2 is 1.87 bits per heavy atom. The lowest BCUT2D eigenvalue weighted by Crippen LogP contribution is -2.58. The number of piperidine rings is 1. The van der Waals surface area contributed by atoms with Gasteiger partial charge in [-0.2, -0.15) is 0 Å². The van der Waals surface area contributed by atoms with Crippen LogP contribution in [0, 0.1) is 17.6 Å². The summed E-state index contributed by atoms with van der Waals surface area (Å²) in [6.07, 6.45) is 7.84. The second-order valence-electron chi connectivity index (χ2n) is 10.7. The van der Waals surface area contributed by atoms with E-state index in [-0.39, 0.29) is 28.8 Å². The van der Waals surface area contributed by atoms with E-state index < -0.39 is 29.5 Å². The van der Waals surface area contributed by atoms with Gasteiger partial charge < -0.3 is 20.1 Å². The molecule has 1 saturated carbocycles. The van der Waals surface area contributed by atoms with Gasteiger partial charge in [-0.05, 0) is 37.8 Å². The zero-order valence-electron chi connectivity index (χ0n) is 22.0. The van der Waals surface area contributed by atoms with Crippen molar-refractivity contribution in [3.63, 3.8) is 0 Å². The van der Waals surface area contributed by atoms with Gasteiger partial charge in [-0.15, -0.1) is 0 Å². The minimum atomic E-state index is -0.819. The number of carbonyl (C=O) groups is 3. The molecule has 2 N–H and O–H groups in total. The first-order chi connectivity index (χ1) is 18.9. The zero-order chi connectivity index (χ0) is 27.4. The van der Waals surface area contributed by atoms with E-state index in [2.05, 4.69) is 20.7 Å². The van der Waals surface area contributed by atoms with Crippen LogP contribution < -0.4 is 10.6 Å². The van der Waals surface area contributed by atoms with Crippen LogP contribution in [0.5, 0.6) is 0 Å². The molecule has 0 unspecified atom stereocenters. The minimum absolute atomic E-state index is 0.00233. The van der Waals surface area contributed by atoms with Gasteiger partial charge in [-0.25, -0.2) is 8.78 Å². The number of rotatable bonds is 8. The molecule has 1 aliphatic carbocycles. The molecule has 1 aromatic carbocycles. The van der Waals surface area contributed by atoms with Gasteiger partial charge in [0.05, 0.1) is 11.5 Å². The summed E-state index contributed by atoms with van der Waals surface area (Å²) in [5, 5.41) is 9.72. The van der Waals surface area contributed by atoms with Crippen molar-refractivity contribution in [2.24, 2.45) is 5.92 Å². The molecule has 2 saturated heterocycles. The van der Waals surface area contributed by atoms with Crippen molar-refractivity contribution in [3.05, 3.63) is 41.6 Å². The maximum absolute atomic E-state index is 14.2. The molecular formula is C28H35F2N5O4. The van der Waals surface area contributed by atoms with E-state index in [1.54, 1.807) is 4.90 Å². The Morgan fingerprint density at radius 1 is 1.05 bits per heavy atom. The molecular weight excluding hydrogens is 508 g/mol. The van der Waals surface area contributed by atoms with Crippen molar-refractivity contribution in [2.45, 2.75) is 63.5 Å². The summed E-state index contributed by atoms with van der Waals surface area (Å²) >= 11 is 0. The van der Waals surface area contributed by atoms with E-state index in [0.717, 1.165) is 37.9 Å². The fourth-order valence-corrected chi connectivity index (χ4v) is 6.02. The highest BCUT2D eigenvalue weighted by atomic mass is 19.1. The molecule has 0 bridgehead atoms. The lowest BCUT2D eigenvalue weighted by Gasteiger charge is -2.43. The second-order valence-corrected chi connectivity index (χ2v) is 10.7. The molecule has 210 valence electrons. The quantitative estimate of drug-likeness (QED) is 0.530. The Morgan fingerprint density at radius 3 is 2.62 bits per heavy atom. The van der Waals surface area contributed by atoms with E-state index in [1.807, 2.05) is 0 Å². The van der Waals surface area contributed by atoms with Gasteiger partial charge in [0.15, 0.2) is 11.5 Å². The first-order valence-electron chi connectivity index (χ1n) is 13.9. The third kappa shape index (κ3) is 6.46. The molecule has 11 heteroatoms. The number of nitrogens with one attached hydrogen (secondary N) is 2. The summed E-state index contributed by atoms with van der Waals surface area (Å²) in [5.41, 5.74) is -0.0485. The van der Waals surface area contributed by atoms with Crippen molar-refractivity contribution >= 4 is 17.7 Å².